The number of amides is 1. The fourth-order valence-corrected chi connectivity index (χ4v) is 3.47. The Bertz CT molecular complexity index is 1080. The molecule has 0 aliphatic carbocycles. The highest BCUT2D eigenvalue weighted by Crippen LogP contribution is 2.38. The van der Waals surface area contributed by atoms with Crippen molar-refractivity contribution in [2.45, 2.75) is 12.4 Å². The number of halogens is 6. The maximum atomic E-state index is 13.1. The standard InChI is InChI=1S/C19H12F6N2OS/c1-27-15(10-29-17(27)26-16(28)11-5-3-2-4-6-11)12-7-13(18(20,21)22)9-14(8-12)19(23,24)25/h2-10H,1H3/b26-17-. The number of hydrogen-bond acceptors (Lipinski definition) is 2. The SMILES string of the molecule is Cn1c(-c2cc(C(F)(F)F)cc(C(F)(F)F)c2)cs/c1=N\C(=O)c1ccccc1. The molecule has 29 heavy (non-hydrogen) atoms. The Labute approximate surface area is 164 Å². The summed E-state index contributed by atoms with van der Waals surface area (Å²) >= 11 is 0.934. The van der Waals surface area contributed by atoms with E-state index in [2.05, 4.69) is 4.99 Å². The summed E-state index contributed by atoms with van der Waals surface area (Å²) in [5.74, 6) is -0.574. The summed E-state index contributed by atoms with van der Waals surface area (Å²) in [5, 5.41) is 1.35. The number of aromatic nitrogens is 1. The van der Waals surface area contributed by atoms with Crippen molar-refractivity contribution in [3.63, 3.8) is 0 Å². The first-order valence-corrected chi connectivity index (χ1v) is 8.93. The van der Waals surface area contributed by atoms with Crippen LogP contribution in [0.3, 0.4) is 0 Å². The molecule has 0 atom stereocenters. The predicted octanol–water partition coefficient (Wildman–Crippen LogP) is 5.53. The number of rotatable bonds is 2. The van der Waals surface area contributed by atoms with E-state index in [4.69, 9.17) is 0 Å². The Morgan fingerprint density at radius 3 is 2.00 bits per heavy atom. The van der Waals surface area contributed by atoms with Gasteiger partial charge < -0.3 is 4.57 Å². The summed E-state index contributed by atoms with van der Waals surface area (Å²) in [7, 11) is 1.41. The van der Waals surface area contributed by atoms with Crippen LogP contribution in [0.1, 0.15) is 21.5 Å². The lowest BCUT2D eigenvalue weighted by atomic mass is 10.0. The first-order valence-electron chi connectivity index (χ1n) is 8.05. The van der Waals surface area contributed by atoms with E-state index < -0.39 is 29.4 Å². The summed E-state index contributed by atoms with van der Waals surface area (Å²) < 4.78 is 79.8. The molecular formula is C19H12F6N2OS. The molecule has 1 aromatic heterocycles. The van der Waals surface area contributed by atoms with Gasteiger partial charge in [-0.3, -0.25) is 4.79 Å². The molecule has 3 aromatic rings. The molecule has 1 heterocycles. The fourth-order valence-electron chi connectivity index (χ4n) is 2.57. The lowest BCUT2D eigenvalue weighted by molar-refractivity contribution is -0.143. The van der Waals surface area contributed by atoms with Crippen molar-refractivity contribution in [1.29, 1.82) is 0 Å². The quantitative estimate of drug-likeness (QED) is 0.492. The first kappa shape index (κ1) is 20.8. The molecule has 0 unspecified atom stereocenters. The van der Waals surface area contributed by atoms with Crippen LogP contribution in [0.15, 0.2) is 58.9 Å². The Morgan fingerprint density at radius 1 is 0.931 bits per heavy atom. The minimum atomic E-state index is -4.94. The molecule has 0 fully saturated rings. The topological polar surface area (TPSA) is 34.4 Å². The van der Waals surface area contributed by atoms with E-state index in [-0.39, 0.29) is 22.1 Å². The zero-order valence-corrected chi connectivity index (χ0v) is 15.5. The van der Waals surface area contributed by atoms with Gasteiger partial charge in [0.1, 0.15) is 0 Å². The van der Waals surface area contributed by atoms with Crippen LogP contribution in [0.4, 0.5) is 26.3 Å². The number of alkyl halides is 6. The average Bonchev–Trinajstić information content (AvgIpc) is 3.01. The molecule has 0 aliphatic heterocycles. The van der Waals surface area contributed by atoms with E-state index in [1.54, 1.807) is 30.3 Å². The Morgan fingerprint density at radius 2 is 1.48 bits per heavy atom. The van der Waals surface area contributed by atoms with E-state index in [1.807, 2.05) is 0 Å². The summed E-state index contributed by atoms with van der Waals surface area (Å²) in [6, 6.07) is 9.44. The van der Waals surface area contributed by atoms with Gasteiger partial charge in [-0.15, -0.1) is 11.3 Å². The highest BCUT2D eigenvalue weighted by atomic mass is 32.1. The fraction of sp³-hybridized carbons (Fsp3) is 0.158. The van der Waals surface area contributed by atoms with Crippen LogP contribution in [0, 0.1) is 0 Å². The highest BCUT2D eigenvalue weighted by molar-refractivity contribution is 7.07. The average molecular weight is 430 g/mol. The van der Waals surface area contributed by atoms with Gasteiger partial charge in [0.15, 0.2) is 4.80 Å². The van der Waals surface area contributed by atoms with Gasteiger partial charge in [-0.2, -0.15) is 31.3 Å². The minimum Gasteiger partial charge on any atom is -0.319 e. The monoisotopic (exact) mass is 430 g/mol. The maximum Gasteiger partial charge on any atom is 0.416 e. The van der Waals surface area contributed by atoms with Crippen molar-refractivity contribution >= 4 is 17.2 Å². The molecule has 2 aromatic carbocycles. The van der Waals surface area contributed by atoms with Gasteiger partial charge >= 0.3 is 12.4 Å². The van der Waals surface area contributed by atoms with Gasteiger partial charge in [-0.05, 0) is 30.3 Å². The molecule has 3 rings (SSSR count). The van der Waals surface area contributed by atoms with Crippen LogP contribution in [-0.4, -0.2) is 10.5 Å². The van der Waals surface area contributed by atoms with E-state index in [9.17, 15) is 31.1 Å². The van der Waals surface area contributed by atoms with Crippen LogP contribution < -0.4 is 4.80 Å². The van der Waals surface area contributed by atoms with Gasteiger partial charge in [-0.1, -0.05) is 18.2 Å². The molecule has 0 bridgehead atoms. The third-order valence-electron chi connectivity index (χ3n) is 4.03. The molecule has 3 nitrogen and oxygen atoms in total. The van der Waals surface area contributed by atoms with Gasteiger partial charge in [0.05, 0.1) is 16.8 Å². The number of carbonyl (C=O) groups is 1. The molecule has 10 heteroatoms. The van der Waals surface area contributed by atoms with Gasteiger partial charge in [-0.25, -0.2) is 0 Å². The third-order valence-corrected chi connectivity index (χ3v) is 4.94. The van der Waals surface area contributed by atoms with Crippen LogP contribution in [-0.2, 0) is 19.4 Å². The molecule has 0 radical (unpaired) electrons. The second-order valence-corrected chi connectivity index (χ2v) is 6.88. The lowest BCUT2D eigenvalue weighted by Gasteiger charge is -2.14. The zero-order valence-electron chi connectivity index (χ0n) is 14.7. The molecule has 0 saturated heterocycles. The smallest absolute Gasteiger partial charge is 0.319 e. The molecular weight excluding hydrogens is 418 g/mol. The second-order valence-electron chi connectivity index (χ2n) is 6.04. The summed E-state index contributed by atoms with van der Waals surface area (Å²) in [5.41, 5.74) is -2.72. The first-order chi connectivity index (χ1) is 13.5. The zero-order chi connectivity index (χ0) is 21.4. The van der Waals surface area contributed by atoms with Crippen LogP contribution in [0.2, 0.25) is 0 Å². The van der Waals surface area contributed by atoms with Crippen molar-refractivity contribution in [2.24, 2.45) is 12.0 Å². The molecule has 152 valence electrons. The third kappa shape index (κ3) is 4.58. The molecule has 0 N–H and O–H groups in total. The van der Waals surface area contributed by atoms with Crippen molar-refractivity contribution < 1.29 is 31.1 Å². The molecule has 0 saturated carbocycles. The highest BCUT2D eigenvalue weighted by Gasteiger charge is 2.37. The van der Waals surface area contributed by atoms with E-state index in [0.717, 1.165) is 11.3 Å². The Balaban J connectivity index is 2.11. The number of carbonyl (C=O) groups excluding carboxylic acids is 1. The van der Waals surface area contributed by atoms with E-state index in [1.165, 1.54) is 17.0 Å². The van der Waals surface area contributed by atoms with Crippen LogP contribution in [0.5, 0.6) is 0 Å². The predicted molar refractivity (Wildman–Crippen MR) is 95.1 cm³/mol. The summed E-state index contributed by atoms with van der Waals surface area (Å²) in [4.78, 5) is 16.3. The van der Waals surface area contributed by atoms with Gasteiger partial charge in [0.25, 0.3) is 5.91 Å². The molecule has 0 aliphatic rings. The number of benzene rings is 2. The van der Waals surface area contributed by atoms with Crippen LogP contribution in [0.25, 0.3) is 11.3 Å². The van der Waals surface area contributed by atoms with E-state index >= 15 is 0 Å². The molecule has 0 spiro atoms. The molecule has 1 amide bonds. The van der Waals surface area contributed by atoms with Crippen molar-refractivity contribution in [3.8, 4) is 11.3 Å². The van der Waals surface area contributed by atoms with Crippen molar-refractivity contribution in [2.75, 3.05) is 0 Å². The van der Waals surface area contributed by atoms with Crippen molar-refractivity contribution in [1.82, 2.24) is 4.57 Å². The number of hydrogen-bond donors (Lipinski definition) is 0. The van der Waals surface area contributed by atoms with E-state index in [0.29, 0.717) is 17.7 Å². The Kier molecular flexibility index (Phi) is 5.40. The maximum absolute atomic E-state index is 13.1. The number of thiazole rings is 1. The second kappa shape index (κ2) is 7.51. The minimum absolute atomic E-state index is 0.0695. The normalized spacial score (nSPS) is 13.0. The summed E-state index contributed by atoms with van der Waals surface area (Å²) in [6.45, 7) is 0. The largest absolute Gasteiger partial charge is 0.416 e. The van der Waals surface area contributed by atoms with Gasteiger partial charge in [0.2, 0.25) is 0 Å². The van der Waals surface area contributed by atoms with Crippen LogP contribution >= 0.6 is 11.3 Å². The lowest BCUT2D eigenvalue weighted by Crippen LogP contribution is -2.15. The van der Waals surface area contributed by atoms with Crippen molar-refractivity contribution in [3.05, 3.63) is 75.4 Å². The summed E-state index contributed by atoms with van der Waals surface area (Å²) in [6.07, 6.45) is -9.89. The Hall–Kier alpha value is -2.88. The number of nitrogens with zero attached hydrogens (tertiary/aromatic N) is 2. The van der Waals surface area contributed by atoms with Gasteiger partial charge in [0, 0.05) is 23.6 Å².